The number of anilines is 1. The molecule has 7 heteroatoms. The normalized spacial score (nSPS) is 15.7. The highest BCUT2D eigenvalue weighted by Crippen LogP contribution is 2.40. The zero-order chi connectivity index (χ0) is 25.2. The van der Waals surface area contributed by atoms with Gasteiger partial charge in [0.1, 0.15) is 5.75 Å². The van der Waals surface area contributed by atoms with Gasteiger partial charge in [0.05, 0.1) is 24.4 Å². The van der Waals surface area contributed by atoms with Crippen LogP contribution in [0.2, 0.25) is 0 Å². The monoisotopic (exact) mass is 480 g/mol. The van der Waals surface area contributed by atoms with Crippen molar-refractivity contribution in [2.45, 2.75) is 33.2 Å². The molecule has 182 valence electrons. The molecule has 5 rings (SSSR count). The number of urea groups is 1. The number of nitrogens with zero attached hydrogens (tertiary/aromatic N) is 3. The average molecular weight is 481 g/mol. The van der Waals surface area contributed by atoms with E-state index < -0.39 is 6.04 Å². The van der Waals surface area contributed by atoms with E-state index in [2.05, 4.69) is 23.5 Å². The molecule has 7 nitrogen and oxygen atoms in total. The van der Waals surface area contributed by atoms with Crippen molar-refractivity contribution >= 4 is 17.3 Å². The van der Waals surface area contributed by atoms with Crippen LogP contribution in [0.25, 0.3) is 17.0 Å². The summed E-state index contributed by atoms with van der Waals surface area (Å²) >= 11 is 0. The second-order valence-electron chi connectivity index (χ2n) is 8.81. The number of methoxy groups -OCH3 is 1. The number of aryl methyl sites for hydroxylation is 2. The third-order valence-corrected chi connectivity index (χ3v) is 6.46. The standard InChI is InChI=1S/C29H28N4O3/c1-5-20-8-6-10-23(16-20)33-19(3)25(26(30-29(33)34)22-9-7-11-24(17-22)35-4)28-31-27(32-36-28)21-14-12-18(2)13-15-21/h6-17,26H,5H2,1-4H3,(H,30,34). The number of carbonyl (C=O) groups excluding carboxylic acids is 1. The summed E-state index contributed by atoms with van der Waals surface area (Å²) in [7, 11) is 1.62. The fourth-order valence-electron chi connectivity index (χ4n) is 4.47. The molecule has 36 heavy (non-hydrogen) atoms. The van der Waals surface area contributed by atoms with E-state index >= 15 is 0 Å². The minimum Gasteiger partial charge on any atom is -0.497 e. The Morgan fingerprint density at radius 2 is 1.81 bits per heavy atom. The molecule has 0 radical (unpaired) electrons. The lowest BCUT2D eigenvalue weighted by molar-refractivity contribution is 0.244. The van der Waals surface area contributed by atoms with Gasteiger partial charge in [-0.2, -0.15) is 4.98 Å². The van der Waals surface area contributed by atoms with Gasteiger partial charge in [-0.05, 0) is 55.7 Å². The maximum absolute atomic E-state index is 13.5. The highest BCUT2D eigenvalue weighted by Gasteiger charge is 2.36. The van der Waals surface area contributed by atoms with Crippen LogP contribution < -0.4 is 15.0 Å². The van der Waals surface area contributed by atoms with Gasteiger partial charge in [0, 0.05) is 11.3 Å². The quantitative estimate of drug-likeness (QED) is 0.349. The fraction of sp³-hybridized carbons (Fsp3) is 0.207. The van der Waals surface area contributed by atoms with Gasteiger partial charge in [-0.25, -0.2) is 4.79 Å². The molecule has 0 bridgehead atoms. The van der Waals surface area contributed by atoms with Gasteiger partial charge in [0.25, 0.3) is 5.89 Å². The molecule has 3 aromatic carbocycles. The molecule has 1 aliphatic rings. The third kappa shape index (κ3) is 4.35. The number of allylic oxidation sites excluding steroid dienone is 1. The summed E-state index contributed by atoms with van der Waals surface area (Å²) in [6.07, 6.45) is 0.870. The van der Waals surface area contributed by atoms with Crippen molar-refractivity contribution in [3.63, 3.8) is 0 Å². The Labute approximate surface area is 210 Å². The maximum Gasteiger partial charge on any atom is 0.326 e. The highest BCUT2D eigenvalue weighted by atomic mass is 16.5. The van der Waals surface area contributed by atoms with Gasteiger partial charge < -0.3 is 14.6 Å². The van der Waals surface area contributed by atoms with E-state index in [0.717, 1.165) is 45.6 Å². The van der Waals surface area contributed by atoms with E-state index in [-0.39, 0.29) is 6.03 Å². The Bertz CT molecular complexity index is 1440. The zero-order valence-electron chi connectivity index (χ0n) is 20.8. The van der Waals surface area contributed by atoms with Crippen LogP contribution in [0.5, 0.6) is 5.75 Å². The molecule has 1 aliphatic heterocycles. The lowest BCUT2D eigenvalue weighted by Gasteiger charge is -2.35. The van der Waals surface area contributed by atoms with Crippen molar-refractivity contribution in [3.8, 4) is 17.1 Å². The number of ether oxygens (including phenoxy) is 1. The number of rotatable bonds is 6. The van der Waals surface area contributed by atoms with E-state index in [1.54, 1.807) is 12.0 Å². The number of aromatic nitrogens is 2. The second kappa shape index (κ2) is 9.70. The largest absolute Gasteiger partial charge is 0.497 e. The molecule has 4 aromatic rings. The van der Waals surface area contributed by atoms with E-state index in [1.165, 1.54) is 0 Å². The summed E-state index contributed by atoms with van der Waals surface area (Å²) in [5.74, 6) is 1.54. The average Bonchev–Trinajstić information content (AvgIpc) is 3.38. The number of amides is 2. The molecular formula is C29H28N4O3. The molecule has 0 fully saturated rings. The summed E-state index contributed by atoms with van der Waals surface area (Å²) in [6, 6.07) is 22.8. The fourth-order valence-corrected chi connectivity index (χ4v) is 4.47. The second-order valence-corrected chi connectivity index (χ2v) is 8.81. The van der Waals surface area contributed by atoms with Gasteiger partial charge in [0.15, 0.2) is 0 Å². The van der Waals surface area contributed by atoms with E-state index in [4.69, 9.17) is 14.2 Å². The summed E-state index contributed by atoms with van der Waals surface area (Å²) in [5.41, 5.74) is 6.25. The molecule has 0 spiro atoms. The van der Waals surface area contributed by atoms with E-state index in [0.29, 0.717) is 17.5 Å². The minimum absolute atomic E-state index is 0.226. The predicted molar refractivity (Wildman–Crippen MR) is 140 cm³/mol. The predicted octanol–water partition coefficient (Wildman–Crippen LogP) is 6.32. The van der Waals surface area contributed by atoms with Crippen LogP contribution in [-0.4, -0.2) is 23.3 Å². The first kappa shape index (κ1) is 23.4. The summed E-state index contributed by atoms with van der Waals surface area (Å²) in [5, 5.41) is 7.41. The first-order valence-corrected chi connectivity index (χ1v) is 11.9. The van der Waals surface area contributed by atoms with Crippen molar-refractivity contribution < 1.29 is 14.1 Å². The van der Waals surface area contributed by atoms with Crippen LogP contribution in [0.15, 0.2) is 83.0 Å². The number of carbonyl (C=O) groups is 1. The maximum atomic E-state index is 13.5. The summed E-state index contributed by atoms with van der Waals surface area (Å²) in [6.45, 7) is 6.04. The van der Waals surface area contributed by atoms with Crippen molar-refractivity contribution in [2.75, 3.05) is 12.0 Å². The van der Waals surface area contributed by atoms with Crippen molar-refractivity contribution in [3.05, 3.63) is 101 Å². The third-order valence-electron chi connectivity index (χ3n) is 6.46. The molecule has 2 heterocycles. The highest BCUT2D eigenvalue weighted by molar-refractivity contribution is 6.01. The first-order chi connectivity index (χ1) is 17.5. The van der Waals surface area contributed by atoms with E-state index in [1.807, 2.05) is 80.6 Å². The lowest BCUT2D eigenvalue weighted by Crippen LogP contribution is -2.46. The van der Waals surface area contributed by atoms with Crippen LogP contribution in [0.1, 0.15) is 42.5 Å². The number of nitrogens with one attached hydrogen (secondary N) is 1. The van der Waals surface area contributed by atoms with Crippen LogP contribution in [-0.2, 0) is 6.42 Å². The van der Waals surface area contributed by atoms with Gasteiger partial charge in [-0.3, -0.25) is 4.90 Å². The van der Waals surface area contributed by atoms with Crippen molar-refractivity contribution in [2.24, 2.45) is 0 Å². The Kier molecular flexibility index (Phi) is 6.29. The number of hydrogen-bond acceptors (Lipinski definition) is 5. The van der Waals surface area contributed by atoms with E-state index in [9.17, 15) is 4.79 Å². The molecule has 1 atom stereocenters. The number of hydrogen-bond donors (Lipinski definition) is 1. The molecule has 0 saturated heterocycles. The van der Waals surface area contributed by atoms with Gasteiger partial charge in [0.2, 0.25) is 5.82 Å². The zero-order valence-corrected chi connectivity index (χ0v) is 20.8. The Hall–Kier alpha value is -4.39. The molecule has 1 N–H and O–H groups in total. The first-order valence-electron chi connectivity index (χ1n) is 11.9. The SMILES string of the molecule is CCc1cccc(N2C(=O)NC(c3cccc(OC)c3)C(c3nc(-c4ccc(C)cc4)no3)=C2C)c1. The van der Waals surface area contributed by atoms with Crippen LogP contribution in [0, 0.1) is 6.92 Å². The molecule has 0 aliphatic carbocycles. The van der Waals surface area contributed by atoms with Gasteiger partial charge in [-0.1, -0.05) is 66.2 Å². The molecule has 2 amide bonds. The van der Waals surface area contributed by atoms with Gasteiger partial charge >= 0.3 is 6.03 Å². The summed E-state index contributed by atoms with van der Waals surface area (Å²) < 4.78 is 11.2. The molecule has 0 saturated carbocycles. The van der Waals surface area contributed by atoms with Crippen LogP contribution in [0.3, 0.4) is 0 Å². The van der Waals surface area contributed by atoms with Crippen molar-refractivity contribution in [1.29, 1.82) is 0 Å². The molecule has 1 aromatic heterocycles. The van der Waals surface area contributed by atoms with Crippen LogP contribution >= 0.6 is 0 Å². The smallest absolute Gasteiger partial charge is 0.326 e. The van der Waals surface area contributed by atoms with Crippen molar-refractivity contribution in [1.82, 2.24) is 15.5 Å². The number of benzene rings is 3. The Morgan fingerprint density at radius 1 is 1.03 bits per heavy atom. The lowest BCUT2D eigenvalue weighted by atomic mass is 9.94. The summed E-state index contributed by atoms with van der Waals surface area (Å²) in [4.78, 5) is 19.9. The van der Waals surface area contributed by atoms with Gasteiger partial charge in [-0.15, -0.1) is 0 Å². The topological polar surface area (TPSA) is 80.5 Å². The molecule has 1 unspecified atom stereocenters. The Balaban J connectivity index is 1.66. The minimum atomic E-state index is -0.496. The molecular weight excluding hydrogens is 452 g/mol. The Morgan fingerprint density at radius 3 is 2.56 bits per heavy atom. The van der Waals surface area contributed by atoms with Crippen LogP contribution in [0.4, 0.5) is 10.5 Å².